The maximum absolute atomic E-state index is 12.2. The van der Waals surface area contributed by atoms with E-state index < -0.39 is 0 Å². The fourth-order valence-corrected chi connectivity index (χ4v) is 3.50. The van der Waals surface area contributed by atoms with Gasteiger partial charge in [0.15, 0.2) is 0 Å². The van der Waals surface area contributed by atoms with Crippen molar-refractivity contribution < 1.29 is 9.59 Å². The van der Waals surface area contributed by atoms with Crippen molar-refractivity contribution in [2.24, 2.45) is 29.2 Å². The molecule has 20 heavy (non-hydrogen) atoms. The smallest absolute Gasteiger partial charge is 0.223 e. The monoisotopic (exact) mass is 281 g/mol. The molecule has 0 unspecified atom stereocenters. The number of nitrogens with one attached hydrogen (secondary N) is 1. The highest BCUT2D eigenvalue weighted by Gasteiger charge is 2.29. The van der Waals surface area contributed by atoms with Crippen LogP contribution in [-0.4, -0.2) is 24.4 Å². The summed E-state index contributed by atoms with van der Waals surface area (Å²) in [7, 11) is 0. The molecule has 0 aliphatic heterocycles. The van der Waals surface area contributed by atoms with E-state index in [1.165, 1.54) is 0 Å². The lowest BCUT2D eigenvalue weighted by atomic mass is 9.81. The maximum Gasteiger partial charge on any atom is 0.223 e. The van der Waals surface area contributed by atoms with E-state index in [0.29, 0.717) is 5.92 Å². The lowest BCUT2D eigenvalue weighted by Gasteiger charge is -2.31. The SMILES string of the molecule is NCC1CCC(C(=O)NC2CCC(C(N)=O)CC2)CC1. The summed E-state index contributed by atoms with van der Waals surface area (Å²) in [6.07, 6.45) is 7.43. The number of rotatable bonds is 4. The molecule has 0 radical (unpaired) electrons. The van der Waals surface area contributed by atoms with Gasteiger partial charge in [0.25, 0.3) is 0 Å². The maximum atomic E-state index is 12.2. The van der Waals surface area contributed by atoms with Crippen LogP contribution < -0.4 is 16.8 Å². The van der Waals surface area contributed by atoms with Gasteiger partial charge in [-0.25, -0.2) is 0 Å². The molecular weight excluding hydrogens is 254 g/mol. The van der Waals surface area contributed by atoms with Crippen molar-refractivity contribution in [3.63, 3.8) is 0 Å². The van der Waals surface area contributed by atoms with Crippen LogP contribution in [0.2, 0.25) is 0 Å². The molecule has 0 heterocycles. The van der Waals surface area contributed by atoms with Gasteiger partial charge >= 0.3 is 0 Å². The Hall–Kier alpha value is -1.10. The Bertz CT molecular complexity index is 343. The van der Waals surface area contributed by atoms with Gasteiger partial charge in [-0.3, -0.25) is 9.59 Å². The quantitative estimate of drug-likeness (QED) is 0.714. The number of primary amides is 1. The van der Waals surface area contributed by atoms with E-state index in [1.807, 2.05) is 0 Å². The second-order valence-corrected chi connectivity index (χ2v) is 6.41. The third-order valence-corrected chi connectivity index (χ3v) is 5.03. The highest BCUT2D eigenvalue weighted by molar-refractivity contribution is 5.79. The van der Waals surface area contributed by atoms with Crippen molar-refractivity contribution in [2.45, 2.75) is 57.4 Å². The topological polar surface area (TPSA) is 98.2 Å². The van der Waals surface area contributed by atoms with E-state index in [1.54, 1.807) is 0 Å². The number of amides is 2. The standard InChI is InChI=1S/C15H27N3O2/c16-9-10-1-3-12(4-2-10)15(20)18-13-7-5-11(6-8-13)14(17)19/h10-13H,1-9,16H2,(H2,17,19)(H,18,20). The Kier molecular flexibility index (Phi) is 5.40. The Morgan fingerprint density at radius 2 is 1.45 bits per heavy atom. The number of nitrogens with two attached hydrogens (primary N) is 2. The van der Waals surface area contributed by atoms with Crippen LogP contribution in [0.25, 0.3) is 0 Å². The Balaban J connectivity index is 1.72. The highest BCUT2D eigenvalue weighted by Crippen LogP contribution is 2.29. The van der Waals surface area contributed by atoms with Crippen LogP contribution in [0.1, 0.15) is 51.4 Å². The second kappa shape index (κ2) is 7.07. The average molecular weight is 281 g/mol. The van der Waals surface area contributed by atoms with Crippen molar-refractivity contribution in [1.29, 1.82) is 0 Å². The molecule has 2 saturated carbocycles. The van der Waals surface area contributed by atoms with Gasteiger partial charge in [-0.2, -0.15) is 0 Å². The predicted molar refractivity (Wildman–Crippen MR) is 77.6 cm³/mol. The minimum atomic E-state index is -0.199. The molecule has 0 aromatic rings. The molecule has 0 aromatic carbocycles. The fraction of sp³-hybridized carbons (Fsp3) is 0.867. The molecule has 0 aromatic heterocycles. The number of hydrogen-bond donors (Lipinski definition) is 3. The van der Waals surface area contributed by atoms with Crippen LogP contribution in [0.4, 0.5) is 0 Å². The predicted octanol–water partition coefficient (Wildman–Crippen LogP) is 0.912. The second-order valence-electron chi connectivity index (χ2n) is 6.41. The molecule has 5 N–H and O–H groups in total. The van der Waals surface area contributed by atoms with Crippen molar-refractivity contribution >= 4 is 11.8 Å². The Labute approximate surface area is 120 Å². The highest BCUT2D eigenvalue weighted by atomic mass is 16.2. The van der Waals surface area contributed by atoms with Gasteiger partial charge < -0.3 is 16.8 Å². The van der Waals surface area contributed by atoms with Gasteiger partial charge in [0, 0.05) is 17.9 Å². The zero-order chi connectivity index (χ0) is 14.5. The number of carbonyl (C=O) groups is 2. The first-order valence-corrected chi connectivity index (χ1v) is 7.90. The van der Waals surface area contributed by atoms with Gasteiger partial charge in [0.1, 0.15) is 0 Å². The van der Waals surface area contributed by atoms with Crippen LogP contribution in [0, 0.1) is 17.8 Å². The normalized spacial score (nSPS) is 34.5. The van der Waals surface area contributed by atoms with E-state index in [9.17, 15) is 9.59 Å². The van der Waals surface area contributed by atoms with Crippen molar-refractivity contribution in [3.05, 3.63) is 0 Å². The molecule has 2 rings (SSSR count). The van der Waals surface area contributed by atoms with Gasteiger partial charge in [-0.15, -0.1) is 0 Å². The summed E-state index contributed by atoms with van der Waals surface area (Å²) in [6, 6.07) is 0.227. The molecule has 0 spiro atoms. The summed E-state index contributed by atoms with van der Waals surface area (Å²) < 4.78 is 0. The lowest BCUT2D eigenvalue weighted by molar-refractivity contribution is -0.127. The molecule has 0 atom stereocenters. The molecule has 2 amide bonds. The Morgan fingerprint density at radius 1 is 0.900 bits per heavy atom. The average Bonchev–Trinajstić information content (AvgIpc) is 2.48. The molecule has 5 heteroatoms. The molecule has 0 saturated heterocycles. The van der Waals surface area contributed by atoms with Crippen LogP contribution in [0.5, 0.6) is 0 Å². The molecule has 5 nitrogen and oxygen atoms in total. The van der Waals surface area contributed by atoms with E-state index in [-0.39, 0.29) is 29.7 Å². The zero-order valence-electron chi connectivity index (χ0n) is 12.1. The van der Waals surface area contributed by atoms with E-state index in [0.717, 1.165) is 57.9 Å². The third-order valence-electron chi connectivity index (χ3n) is 5.03. The molecule has 114 valence electrons. The first-order valence-electron chi connectivity index (χ1n) is 7.90. The minimum Gasteiger partial charge on any atom is -0.369 e. The first-order chi connectivity index (χ1) is 9.60. The zero-order valence-corrected chi connectivity index (χ0v) is 12.1. The molecule has 2 aliphatic rings. The summed E-state index contributed by atoms with van der Waals surface area (Å²) in [6.45, 7) is 0.742. The summed E-state index contributed by atoms with van der Waals surface area (Å²) in [5, 5.41) is 3.16. The molecule has 2 fully saturated rings. The summed E-state index contributed by atoms with van der Waals surface area (Å²) in [4.78, 5) is 23.4. The summed E-state index contributed by atoms with van der Waals surface area (Å²) >= 11 is 0. The van der Waals surface area contributed by atoms with Crippen LogP contribution in [0.15, 0.2) is 0 Å². The first kappa shape index (κ1) is 15.3. The Morgan fingerprint density at radius 3 is 1.95 bits per heavy atom. The van der Waals surface area contributed by atoms with Crippen molar-refractivity contribution in [1.82, 2.24) is 5.32 Å². The van der Waals surface area contributed by atoms with Gasteiger partial charge in [0.05, 0.1) is 0 Å². The number of hydrogen-bond acceptors (Lipinski definition) is 3. The molecule has 2 aliphatic carbocycles. The van der Waals surface area contributed by atoms with Gasteiger partial charge in [-0.05, 0) is 63.8 Å². The summed E-state index contributed by atoms with van der Waals surface area (Å²) in [5.41, 5.74) is 11.0. The van der Waals surface area contributed by atoms with Crippen LogP contribution in [-0.2, 0) is 9.59 Å². The molecule has 0 bridgehead atoms. The van der Waals surface area contributed by atoms with Gasteiger partial charge in [-0.1, -0.05) is 0 Å². The minimum absolute atomic E-state index is 0.00291. The van der Waals surface area contributed by atoms with Crippen LogP contribution >= 0.6 is 0 Å². The van der Waals surface area contributed by atoms with Crippen molar-refractivity contribution in [2.75, 3.05) is 6.54 Å². The summed E-state index contributed by atoms with van der Waals surface area (Å²) in [5.74, 6) is 0.762. The van der Waals surface area contributed by atoms with Gasteiger partial charge in [0.2, 0.25) is 11.8 Å². The van der Waals surface area contributed by atoms with E-state index >= 15 is 0 Å². The van der Waals surface area contributed by atoms with Crippen molar-refractivity contribution in [3.8, 4) is 0 Å². The van der Waals surface area contributed by atoms with E-state index in [4.69, 9.17) is 11.5 Å². The number of carbonyl (C=O) groups excluding carboxylic acids is 2. The molecular formula is C15H27N3O2. The fourth-order valence-electron chi connectivity index (χ4n) is 3.50. The van der Waals surface area contributed by atoms with Crippen LogP contribution in [0.3, 0.4) is 0 Å². The van der Waals surface area contributed by atoms with E-state index in [2.05, 4.69) is 5.32 Å². The largest absolute Gasteiger partial charge is 0.369 e. The third kappa shape index (κ3) is 3.95. The lowest BCUT2D eigenvalue weighted by Crippen LogP contribution is -2.43.